The number of hydrogen-bond acceptors (Lipinski definition) is 3. The Kier molecular flexibility index (Phi) is 4.98. The van der Waals surface area contributed by atoms with Crippen molar-refractivity contribution in [3.8, 4) is 0 Å². The van der Waals surface area contributed by atoms with Crippen LogP contribution in [0.4, 0.5) is 5.69 Å². The Morgan fingerprint density at radius 2 is 1.80 bits per heavy atom. The van der Waals surface area contributed by atoms with Gasteiger partial charge in [-0.05, 0) is 42.5 Å². The highest BCUT2D eigenvalue weighted by molar-refractivity contribution is 9.10. The Balaban J connectivity index is 2.11. The highest BCUT2D eigenvalue weighted by Crippen LogP contribution is 2.31. The minimum atomic E-state index is -0.0845. The molecule has 0 radical (unpaired) electrons. The first-order valence-corrected chi connectivity index (χ1v) is 7.49. The Morgan fingerprint density at radius 1 is 1.15 bits per heavy atom. The maximum atomic E-state index is 10.9. The SMILES string of the molecule is CC(=O)Nc1ccc(Sc2ccc(C=O)c(Br)c2)cc1. The number of rotatable bonds is 4. The van der Waals surface area contributed by atoms with E-state index in [1.165, 1.54) is 6.92 Å². The molecular formula is C15H12BrNO2S. The summed E-state index contributed by atoms with van der Waals surface area (Å²) in [5.74, 6) is -0.0845. The van der Waals surface area contributed by atoms with Crippen LogP contribution in [0.5, 0.6) is 0 Å². The van der Waals surface area contributed by atoms with Gasteiger partial charge >= 0.3 is 0 Å². The molecule has 0 heterocycles. The van der Waals surface area contributed by atoms with Crippen LogP contribution in [-0.4, -0.2) is 12.2 Å². The number of aldehydes is 1. The fourth-order valence-electron chi connectivity index (χ4n) is 1.61. The number of benzene rings is 2. The average Bonchev–Trinajstić information content (AvgIpc) is 2.41. The number of amides is 1. The minimum absolute atomic E-state index is 0.0845. The number of halogens is 1. The van der Waals surface area contributed by atoms with E-state index in [0.717, 1.165) is 26.2 Å². The molecule has 0 aliphatic carbocycles. The molecule has 0 aliphatic heterocycles. The molecule has 0 saturated heterocycles. The summed E-state index contributed by atoms with van der Waals surface area (Å²) in [5, 5.41) is 2.73. The third-order valence-electron chi connectivity index (χ3n) is 2.51. The van der Waals surface area contributed by atoms with Crippen LogP contribution in [0.3, 0.4) is 0 Å². The van der Waals surface area contributed by atoms with Crippen molar-refractivity contribution < 1.29 is 9.59 Å². The molecule has 2 rings (SSSR count). The normalized spacial score (nSPS) is 10.1. The Labute approximate surface area is 129 Å². The number of hydrogen-bond donors (Lipinski definition) is 1. The Hall–Kier alpha value is -1.59. The maximum Gasteiger partial charge on any atom is 0.221 e. The standard InChI is InChI=1S/C15H12BrNO2S/c1-10(19)17-12-3-6-13(7-4-12)20-14-5-2-11(9-18)15(16)8-14/h2-9H,1H3,(H,17,19). The molecule has 0 bridgehead atoms. The van der Waals surface area contributed by atoms with Gasteiger partial charge in [-0.25, -0.2) is 0 Å². The fourth-order valence-corrected chi connectivity index (χ4v) is 3.09. The van der Waals surface area contributed by atoms with Crippen LogP contribution in [0, 0.1) is 0 Å². The molecule has 1 N–H and O–H groups in total. The van der Waals surface area contributed by atoms with Gasteiger partial charge in [0, 0.05) is 32.4 Å². The van der Waals surface area contributed by atoms with E-state index in [4.69, 9.17) is 0 Å². The van der Waals surface area contributed by atoms with Gasteiger partial charge in [0.15, 0.2) is 6.29 Å². The van der Waals surface area contributed by atoms with E-state index < -0.39 is 0 Å². The van der Waals surface area contributed by atoms with Gasteiger partial charge < -0.3 is 5.32 Å². The van der Waals surface area contributed by atoms with E-state index in [9.17, 15) is 9.59 Å². The molecule has 0 atom stereocenters. The van der Waals surface area contributed by atoms with Crippen molar-refractivity contribution in [1.29, 1.82) is 0 Å². The third kappa shape index (κ3) is 3.95. The average molecular weight is 350 g/mol. The monoisotopic (exact) mass is 349 g/mol. The quantitative estimate of drug-likeness (QED) is 0.833. The summed E-state index contributed by atoms with van der Waals surface area (Å²) >= 11 is 4.96. The second kappa shape index (κ2) is 6.72. The largest absolute Gasteiger partial charge is 0.326 e. The second-order valence-electron chi connectivity index (χ2n) is 4.11. The van der Waals surface area contributed by atoms with Crippen LogP contribution >= 0.6 is 27.7 Å². The summed E-state index contributed by atoms with van der Waals surface area (Å²) in [6.07, 6.45) is 0.820. The molecule has 3 nitrogen and oxygen atoms in total. The van der Waals surface area contributed by atoms with Gasteiger partial charge in [0.05, 0.1) is 0 Å². The summed E-state index contributed by atoms with van der Waals surface area (Å²) in [6.45, 7) is 1.48. The van der Waals surface area contributed by atoms with E-state index in [0.29, 0.717) is 5.56 Å². The molecule has 0 fully saturated rings. The van der Waals surface area contributed by atoms with Crippen LogP contribution in [0.1, 0.15) is 17.3 Å². The van der Waals surface area contributed by atoms with Crippen molar-refractivity contribution in [2.24, 2.45) is 0 Å². The lowest BCUT2D eigenvalue weighted by Crippen LogP contribution is -2.05. The number of nitrogens with one attached hydrogen (secondary N) is 1. The van der Waals surface area contributed by atoms with Crippen molar-refractivity contribution in [3.05, 3.63) is 52.5 Å². The maximum absolute atomic E-state index is 10.9. The Morgan fingerprint density at radius 3 is 2.35 bits per heavy atom. The third-order valence-corrected chi connectivity index (χ3v) is 4.19. The zero-order valence-corrected chi connectivity index (χ0v) is 13.1. The zero-order chi connectivity index (χ0) is 14.5. The summed E-state index contributed by atoms with van der Waals surface area (Å²) in [4.78, 5) is 23.8. The van der Waals surface area contributed by atoms with E-state index in [2.05, 4.69) is 21.2 Å². The first-order valence-electron chi connectivity index (χ1n) is 5.89. The van der Waals surface area contributed by atoms with Gasteiger partial charge in [-0.2, -0.15) is 0 Å². The molecule has 2 aromatic carbocycles. The van der Waals surface area contributed by atoms with Crippen LogP contribution in [-0.2, 0) is 4.79 Å². The molecule has 20 heavy (non-hydrogen) atoms. The number of carbonyl (C=O) groups excluding carboxylic acids is 2. The summed E-state index contributed by atoms with van der Waals surface area (Å²) in [6, 6.07) is 13.2. The van der Waals surface area contributed by atoms with Gasteiger partial charge in [-0.3, -0.25) is 9.59 Å². The molecule has 0 aromatic heterocycles. The number of carbonyl (C=O) groups is 2. The summed E-state index contributed by atoms with van der Waals surface area (Å²) in [5.41, 5.74) is 1.41. The van der Waals surface area contributed by atoms with Gasteiger partial charge in [0.2, 0.25) is 5.91 Å². The van der Waals surface area contributed by atoms with E-state index in [1.54, 1.807) is 17.8 Å². The van der Waals surface area contributed by atoms with Gasteiger partial charge in [-0.1, -0.05) is 27.7 Å². The van der Waals surface area contributed by atoms with E-state index in [1.807, 2.05) is 36.4 Å². The molecule has 1 amide bonds. The van der Waals surface area contributed by atoms with Gasteiger partial charge in [-0.15, -0.1) is 0 Å². The van der Waals surface area contributed by atoms with Crippen LogP contribution < -0.4 is 5.32 Å². The molecule has 2 aromatic rings. The lowest BCUT2D eigenvalue weighted by Gasteiger charge is -2.06. The highest BCUT2D eigenvalue weighted by atomic mass is 79.9. The fraction of sp³-hybridized carbons (Fsp3) is 0.0667. The van der Waals surface area contributed by atoms with Crippen molar-refractivity contribution in [3.63, 3.8) is 0 Å². The van der Waals surface area contributed by atoms with Crippen molar-refractivity contribution in [2.45, 2.75) is 16.7 Å². The molecule has 0 saturated carbocycles. The topological polar surface area (TPSA) is 46.2 Å². The molecular weight excluding hydrogens is 338 g/mol. The zero-order valence-electron chi connectivity index (χ0n) is 10.7. The molecule has 0 unspecified atom stereocenters. The smallest absolute Gasteiger partial charge is 0.221 e. The van der Waals surface area contributed by atoms with Gasteiger partial charge in [0.1, 0.15) is 0 Å². The highest BCUT2D eigenvalue weighted by Gasteiger charge is 2.03. The summed E-state index contributed by atoms with van der Waals surface area (Å²) < 4.78 is 0.785. The summed E-state index contributed by atoms with van der Waals surface area (Å²) in [7, 11) is 0. The molecule has 0 spiro atoms. The van der Waals surface area contributed by atoms with Crippen molar-refractivity contribution in [1.82, 2.24) is 0 Å². The lowest BCUT2D eigenvalue weighted by molar-refractivity contribution is -0.114. The van der Waals surface area contributed by atoms with E-state index >= 15 is 0 Å². The Bertz CT molecular complexity index is 641. The van der Waals surface area contributed by atoms with Crippen molar-refractivity contribution in [2.75, 3.05) is 5.32 Å². The molecule has 102 valence electrons. The van der Waals surface area contributed by atoms with Crippen LogP contribution in [0.15, 0.2) is 56.7 Å². The molecule has 0 aliphatic rings. The first-order chi connectivity index (χ1) is 9.58. The predicted molar refractivity (Wildman–Crippen MR) is 84.4 cm³/mol. The lowest BCUT2D eigenvalue weighted by atomic mass is 10.2. The second-order valence-corrected chi connectivity index (χ2v) is 6.11. The van der Waals surface area contributed by atoms with Crippen molar-refractivity contribution >= 4 is 45.6 Å². The molecule has 5 heteroatoms. The van der Waals surface area contributed by atoms with E-state index in [-0.39, 0.29) is 5.91 Å². The number of anilines is 1. The van der Waals surface area contributed by atoms with Crippen LogP contribution in [0.2, 0.25) is 0 Å². The minimum Gasteiger partial charge on any atom is -0.326 e. The predicted octanol–water partition coefficient (Wildman–Crippen LogP) is 4.37. The first kappa shape index (κ1) is 14.8. The van der Waals surface area contributed by atoms with Crippen LogP contribution in [0.25, 0.3) is 0 Å². The van der Waals surface area contributed by atoms with Gasteiger partial charge in [0.25, 0.3) is 0 Å².